The van der Waals surface area contributed by atoms with Gasteiger partial charge in [0.1, 0.15) is 5.75 Å². The lowest BCUT2D eigenvalue weighted by Gasteiger charge is -2.29. The molecule has 0 radical (unpaired) electrons. The molecule has 0 saturated carbocycles. The van der Waals surface area contributed by atoms with E-state index in [-0.39, 0.29) is 17.4 Å². The number of hydrogen-bond acceptors (Lipinski definition) is 2. The molecular formula is C21H34O2. The fraction of sp³-hybridized carbons (Fsp3) is 0.619. The van der Waals surface area contributed by atoms with Crippen molar-refractivity contribution in [3.05, 3.63) is 34.9 Å². The van der Waals surface area contributed by atoms with Crippen molar-refractivity contribution >= 4 is 5.57 Å². The number of allylic oxidation sites excluding steroid dienone is 1. The van der Waals surface area contributed by atoms with E-state index in [4.69, 9.17) is 4.74 Å². The van der Waals surface area contributed by atoms with Crippen molar-refractivity contribution in [2.24, 2.45) is 0 Å². The van der Waals surface area contributed by atoms with Gasteiger partial charge in [0, 0.05) is 11.1 Å². The zero-order valence-corrected chi connectivity index (χ0v) is 16.2. The second-order valence-corrected chi connectivity index (χ2v) is 8.32. The normalized spacial score (nSPS) is 13.3. The first-order valence-electron chi connectivity index (χ1n) is 8.62. The summed E-state index contributed by atoms with van der Waals surface area (Å²) in [7, 11) is 0. The molecule has 0 aromatic heterocycles. The van der Waals surface area contributed by atoms with E-state index in [0.29, 0.717) is 6.61 Å². The molecule has 1 N–H and O–H groups in total. The molecule has 0 bridgehead atoms. The maximum absolute atomic E-state index is 9.31. The largest absolute Gasteiger partial charge is 0.493 e. The predicted molar refractivity (Wildman–Crippen MR) is 100 cm³/mol. The highest BCUT2D eigenvalue weighted by atomic mass is 16.5. The summed E-state index contributed by atoms with van der Waals surface area (Å²) >= 11 is 0. The van der Waals surface area contributed by atoms with Crippen LogP contribution in [0.15, 0.2) is 18.2 Å². The van der Waals surface area contributed by atoms with Crippen molar-refractivity contribution in [2.45, 2.75) is 72.6 Å². The third-order valence-electron chi connectivity index (χ3n) is 4.04. The molecule has 0 heterocycles. The lowest BCUT2D eigenvalue weighted by Crippen LogP contribution is -2.19. The molecule has 1 rings (SSSR count). The summed E-state index contributed by atoms with van der Waals surface area (Å²) in [5, 5.41) is 9.31. The minimum atomic E-state index is -0.00141. The quantitative estimate of drug-likeness (QED) is 0.780. The molecule has 1 aromatic rings. The molecule has 0 atom stereocenters. The van der Waals surface area contributed by atoms with Crippen molar-refractivity contribution in [3.8, 4) is 5.75 Å². The molecule has 2 heteroatoms. The number of benzene rings is 1. The molecule has 0 fully saturated rings. The van der Waals surface area contributed by atoms with Gasteiger partial charge in [-0.2, -0.15) is 0 Å². The summed E-state index contributed by atoms with van der Waals surface area (Å²) in [5.41, 5.74) is 4.77. The van der Waals surface area contributed by atoms with Gasteiger partial charge in [-0.1, -0.05) is 60.6 Å². The number of hydrogen-bond donors (Lipinski definition) is 1. The van der Waals surface area contributed by atoms with Crippen molar-refractivity contribution in [3.63, 3.8) is 0 Å². The van der Waals surface area contributed by atoms with Crippen molar-refractivity contribution in [2.75, 3.05) is 13.2 Å². The molecule has 0 aliphatic heterocycles. The van der Waals surface area contributed by atoms with E-state index >= 15 is 0 Å². The van der Waals surface area contributed by atoms with Gasteiger partial charge >= 0.3 is 0 Å². The zero-order valence-electron chi connectivity index (χ0n) is 16.2. The van der Waals surface area contributed by atoms with Crippen molar-refractivity contribution in [1.82, 2.24) is 0 Å². The van der Waals surface area contributed by atoms with E-state index in [2.05, 4.69) is 60.6 Å². The average Bonchev–Trinajstić information content (AvgIpc) is 2.42. The number of aliphatic hydroxyl groups excluding tert-OH is 1. The van der Waals surface area contributed by atoms with Crippen LogP contribution in [0.1, 0.15) is 78.5 Å². The monoisotopic (exact) mass is 318 g/mol. The summed E-state index contributed by atoms with van der Waals surface area (Å²) in [4.78, 5) is 0. The standard InChI is InChI=1S/C21H34O2/c1-9-12-23-19-17(15(2)10-11-22)13-16(20(3,4)5)14-18(19)21(6,7)8/h10,13-14,22H,9,11-12H2,1-8H3/b15-10-. The van der Waals surface area contributed by atoms with Crippen LogP contribution >= 0.6 is 0 Å². The Labute approximate surface area is 142 Å². The van der Waals surface area contributed by atoms with Gasteiger partial charge in [0.2, 0.25) is 0 Å². The first kappa shape index (κ1) is 19.8. The van der Waals surface area contributed by atoms with Gasteiger partial charge in [0.25, 0.3) is 0 Å². The number of rotatable bonds is 5. The lowest BCUT2D eigenvalue weighted by atomic mass is 9.78. The van der Waals surface area contributed by atoms with Gasteiger partial charge in [0.05, 0.1) is 13.2 Å². The topological polar surface area (TPSA) is 29.5 Å². The van der Waals surface area contributed by atoms with Crippen LogP contribution in [0.3, 0.4) is 0 Å². The summed E-state index contributed by atoms with van der Waals surface area (Å²) in [6.07, 6.45) is 2.83. The smallest absolute Gasteiger partial charge is 0.130 e. The zero-order chi connectivity index (χ0) is 17.8. The number of ether oxygens (including phenoxy) is 1. The van der Waals surface area contributed by atoms with Gasteiger partial charge < -0.3 is 9.84 Å². The molecule has 0 aliphatic rings. The summed E-state index contributed by atoms with van der Waals surface area (Å²) < 4.78 is 6.16. The summed E-state index contributed by atoms with van der Waals surface area (Å²) in [6, 6.07) is 4.52. The van der Waals surface area contributed by atoms with Crippen LogP contribution in [0.4, 0.5) is 0 Å². The average molecular weight is 319 g/mol. The Hall–Kier alpha value is -1.28. The maximum atomic E-state index is 9.31. The first-order valence-corrected chi connectivity index (χ1v) is 8.62. The fourth-order valence-electron chi connectivity index (χ4n) is 2.52. The van der Waals surface area contributed by atoms with Crippen LogP contribution < -0.4 is 4.74 Å². The second kappa shape index (κ2) is 7.53. The van der Waals surface area contributed by atoms with E-state index in [9.17, 15) is 5.11 Å². The van der Waals surface area contributed by atoms with Crippen molar-refractivity contribution < 1.29 is 9.84 Å². The SMILES string of the molecule is CCCOc1c(/C(C)=C\CO)cc(C(C)(C)C)cc1C(C)(C)C. The molecule has 2 nitrogen and oxygen atoms in total. The molecule has 0 aliphatic carbocycles. The number of aliphatic hydroxyl groups is 1. The van der Waals surface area contributed by atoms with E-state index in [1.165, 1.54) is 11.1 Å². The van der Waals surface area contributed by atoms with Gasteiger partial charge in [-0.3, -0.25) is 0 Å². The molecule has 1 aromatic carbocycles. The highest BCUT2D eigenvalue weighted by Crippen LogP contribution is 2.41. The molecule has 130 valence electrons. The van der Waals surface area contributed by atoms with E-state index in [1.807, 2.05) is 13.0 Å². The Balaban J connectivity index is 3.70. The van der Waals surface area contributed by atoms with Crippen LogP contribution in [-0.2, 0) is 10.8 Å². The van der Waals surface area contributed by atoms with Crippen molar-refractivity contribution in [1.29, 1.82) is 0 Å². The summed E-state index contributed by atoms with van der Waals surface area (Å²) in [5.74, 6) is 0.967. The van der Waals surface area contributed by atoms with E-state index in [1.54, 1.807) is 0 Å². The van der Waals surface area contributed by atoms with E-state index in [0.717, 1.165) is 23.3 Å². The van der Waals surface area contributed by atoms with Crippen LogP contribution in [0.2, 0.25) is 0 Å². The van der Waals surface area contributed by atoms with Crippen LogP contribution in [0.25, 0.3) is 5.57 Å². The Bertz CT molecular complexity index is 554. The van der Waals surface area contributed by atoms with Gasteiger partial charge in [0.15, 0.2) is 0 Å². The Morgan fingerprint density at radius 3 is 2.13 bits per heavy atom. The Kier molecular flexibility index (Phi) is 6.47. The molecule has 0 unspecified atom stereocenters. The third kappa shape index (κ3) is 5.10. The maximum Gasteiger partial charge on any atom is 0.130 e. The molecular weight excluding hydrogens is 284 g/mol. The molecule has 23 heavy (non-hydrogen) atoms. The lowest BCUT2D eigenvalue weighted by molar-refractivity contribution is 0.307. The minimum absolute atomic E-state index is 0.00141. The molecule has 0 spiro atoms. The summed E-state index contributed by atoms with van der Waals surface area (Å²) in [6.45, 7) is 18.3. The van der Waals surface area contributed by atoms with Gasteiger partial charge in [-0.15, -0.1) is 0 Å². The molecule has 0 saturated heterocycles. The first-order chi connectivity index (χ1) is 10.5. The Morgan fingerprint density at radius 1 is 1.09 bits per heavy atom. The minimum Gasteiger partial charge on any atom is -0.493 e. The predicted octanol–water partition coefficient (Wildman–Crippen LogP) is 5.47. The fourth-order valence-corrected chi connectivity index (χ4v) is 2.52. The van der Waals surface area contributed by atoms with Crippen LogP contribution in [0, 0.1) is 0 Å². The van der Waals surface area contributed by atoms with E-state index < -0.39 is 0 Å². The van der Waals surface area contributed by atoms with Gasteiger partial charge in [-0.05, 0) is 41.4 Å². The van der Waals surface area contributed by atoms with Crippen LogP contribution in [-0.4, -0.2) is 18.3 Å². The third-order valence-corrected chi connectivity index (χ3v) is 4.04. The highest BCUT2D eigenvalue weighted by molar-refractivity contribution is 5.72. The van der Waals surface area contributed by atoms with Gasteiger partial charge in [-0.25, -0.2) is 0 Å². The molecule has 0 amide bonds. The Morgan fingerprint density at radius 2 is 1.70 bits per heavy atom. The van der Waals surface area contributed by atoms with Crippen LogP contribution in [0.5, 0.6) is 5.75 Å². The second-order valence-electron chi connectivity index (χ2n) is 8.32. The highest BCUT2D eigenvalue weighted by Gasteiger charge is 2.26.